The minimum Gasteiger partial charge on any atom is -0.376 e. The molecule has 0 spiro atoms. The Bertz CT molecular complexity index is 961. The summed E-state index contributed by atoms with van der Waals surface area (Å²) in [5, 5.41) is 9.26. The molecule has 142 valence electrons. The molecule has 0 atom stereocenters. The SMILES string of the molecule is O=C(CNc1cccc(Cl)c1)Nc1cccc(C(=O)NCc2ccccc2)c1. The average Bonchev–Trinajstić information content (AvgIpc) is 2.71. The highest BCUT2D eigenvalue weighted by molar-refractivity contribution is 6.30. The van der Waals surface area contributed by atoms with E-state index in [9.17, 15) is 9.59 Å². The monoisotopic (exact) mass is 393 g/mol. The molecule has 0 radical (unpaired) electrons. The van der Waals surface area contributed by atoms with Crippen LogP contribution in [-0.4, -0.2) is 18.4 Å². The van der Waals surface area contributed by atoms with Crippen LogP contribution in [0.25, 0.3) is 0 Å². The fourth-order valence-corrected chi connectivity index (χ4v) is 2.79. The van der Waals surface area contributed by atoms with Gasteiger partial charge in [-0.2, -0.15) is 0 Å². The Labute approximate surface area is 168 Å². The number of benzene rings is 3. The highest BCUT2D eigenvalue weighted by Crippen LogP contribution is 2.15. The standard InChI is InChI=1S/C22H20ClN3O2/c23-18-9-5-10-19(13-18)24-15-21(27)26-20-11-4-8-17(12-20)22(28)25-14-16-6-2-1-3-7-16/h1-13,24H,14-15H2,(H,25,28)(H,26,27). The summed E-state index contributed by atoms with van der Waals surface area (Å²) in [5.74, 6) is -0.418. The summed E-state index contributed by atoms with van der Waals surface area (Å²) < 4.78 is 0. The van der Waals surface area contributed by atoms with E-state index in [-0.39, 0.29) is 18.4 Å². The molecule has 0 bridgehead atoms. The molecule has 2 amide bonds. The molecule has 0 unspecified atom stereocenters. The quantitative estimate of drug-likeness (QED) is 0.559. The lowest BCUT2D eigenvalue weighted by atomic mass is 10.1. The lowest BCUT2D eigenvalue weighted by molar-refractivity contribution is -0.114. The van der Waals surface area contributed by atoms with Gasteiger partial charge in [-0.05, 0) is 42.0 Å². The summed E-state index contributed by atoms with van der Waals surface area (Å²) in [7, 11) is 0. The average molecular weight is 394 g/mol. The van der Waals surface area contributed by atoms with Crippen LogP contribution in [0.4, 0.5) is 11.4 Å². The topological polar surface area (TPSA) is 70.2 Å². The van der Waals surface area contributed by atoms with E-state index in [0.717, 1.165) is 11.3 Å². The second-order valence-electron chi connectivity index (χ2n) is 6.16. The van der Waals surface area contributed by atoms with E-state index >= 15 is 0 Å². The largest absolute Gasteiger partial charge is 0.376 e. The molecule has 28 heavy (non-hydrogen) atoms. The minimum absolute atomic E-state index is 0.0881. The Kier molecular flexibility index (Phi) is 6.65. The van der Waals surface area contributed by atoms with E-state index in [0.29, 0.717) is 22.8 Å². The summed E-state index contributed by atoms with van der Waals surface area (Å²) in [5.41, 5.74) is 2.82. The van der Waals surface area contributed by atoms with Crippen molar-refractivity contribution in [3.63, 3.8) is 0 Å². The van der Waals surface area contributed by atoms with Gasteiger partial charge >= 0.3 is 0 Å². The molecule has 5 nitrogen and oxygen atoms in total. The zero-order valence-corrected chi connectivity index (χ0v) is 15.9. The molecule has 0 aliphatic carbocycles. The van der Waals surface area contributed by atoms with Crippen LogP contribution in [0.1, 0.15) is 15.9 Å². The molecule has 3 N–H and O–H groups in total. The summed E-state index contributed by atoms with van der Waals surface area (Å²) in [6.07, 6.45) is 0. The van der Waals surface area contributed by atoms with Crippen LogP contribution >= 0.6 is 11.6 Å². The van der Waals surface area contributed by atoms with Crippen molar-refractivity contribution in [2.75, 3.05) is 17.2 Å². The van der Waals surface area contributed by atoms with Crippen LogP contribution in [0, 0.1) is 0 Å². The predicted octanol–water partition coefficient (Wildman–Crippen LogP) is 4.32. The molecular weight excluding hydrogens is 374 g/mol. The number of carbonyl (C=O) groups excluding carboxylic acids is 2. The molecule has 0 fully saturated rings. The van der Waals surface area contributed by atoms with Crippen molar-refractivity contribution < 1.29 is 9.59 Å². The molecule has 0 aliphatic heterocycles. The van der Waals surface area contributed by atoms with Crippen LogP contribution in [0.2, 0.25) is 5.02 Å². The smallest absolute Gasteiger partial charge is 0.251 e. The highest BCUT2D eigenvalue weighted by Gasteiger charge is 2.08. The molecule has 0 saturated heterocycles. The summed E-state index contributed by atoms with van der Waals surface area (Å²) in [6.45, 7) is 0.532. The first-order chi connectivity index (χ1) is 13.6. The van der Waals surface area contributed by atoms with Gasteiger partial charge in [0.25, 0.3) is 5.91 Å². The first-order valence-electron chi connectivity index (χ1n) is 8.81. The Morgan fingerprint density at radius 2 is 1.57 bits per heavy atom. The number of hydrogen-bond acceptors (Lipinski definition) is 3. The first kappa shape index (κ1) is 19.5. The number of halogens is 1. The van der Waals surface area contributed by atoms with Gasteiger partial charge in [0.05, 0.1) is 6.54 Å². The van der Waals surface area contributed by atoms with Gasteiger partial charge < -0.3 is 16.0 Å². The van der Waals surface area contributed by atoms with Crippen molar-refractivity contribution in [3.8, 4) is 0 Å². The van der Waals surface area contributed by atoms with Gasteiger partial charge in [-0.1, -0.05) is 54.1 Å². The van der Waals surface area contributed by atoms with Crippen molar-refractivity contribution in [1.29, 1.82) is 0 Å². The van der Waals surface area contributed by atoms with E-state index < -0.39 is 0 Å². The molecule has 3 rings (SSSR count). The van der Waals surface area contributed by atoms with E-state index in [1.54, 1.807) is 42.5 Å². The number of rotatable bonds is 7. The van der Waals surface area contributed by atoms with E-state index in [2.05, 4.69) is 16.0 Å². The Morgan fingerprint density at radius 1 is 0.821 bits per heavy atom. The van der Waals surface area contributed by atoms with Crippen molar-refractivity contribution in [3.05, 3.63) is 95.0 Å². The van der Waals surface area contributed by atoms with E-state index in [1.165, 1.54) is 0 Å². The van der Waals surface area contributed by atoms with Crippen LogP contribution < -0.4 is 16.0 Å². The maximum Gasteiger partial charge on any atom is 0.251 e. The number of nitrogens with one attached hydrogen (secondary N) is 3. The van der Waals surface area contributed by atoms with Crippen LogP contribution in [0.3, 0.4) is 0 Å². The second-order valence-corrected chi connectivity index (χ2v) is 6.60. The molecule has 0 heterocycles. The molecule has 6 heteroatoms. The van der Waals surface area contributed by atoms with E-state index in [4.69, 9.17) is 11.6 Å². The van der Waals surface area contributed by atoms with Gasteiger partial charge in [0.15, 0.2) is 0 Å². The van der Waals surface area contributed by atoms with Gasteiger partial charge in [-0.3, -0.25) is 9.59 Å². The Hall–Kier alpha value is -3.31. The predicted molar refractivity (Wildman–Crippen MR) is 113 cm³/mol. The van der Waals surface area contributed by atoms with Gasteiger partial charge in [0.2, 0.25) is 5.91 Å². The molecule has 0 aromatic heterocycles. The lowest BCUT2D eigenvalue weighted by Gasteiger charge is -2.10. The third-order valence-electron chi connectivity index (χ3n) is 3.98. The van der Waals surface area contributed by atoms with Gasteiger partial charge in [-0.15, -0.1) is 0 Å². The van der Waals surface area contributed by atoms with Crippen LogP contribution in [-0.2, 0) is 11.3 Å². The van der Waals surface area contributed by atoms with Crippen molar-refractivity contribution in [2.24, 2.45) is 0 Å². The van der Waals surface area contributed by atoms with Gasteiger partial charge in [-0.25, -0.2) is 0 Å². The third kappa shape index (κ3) is 5.86. The van der Waals surface area contributed by atoms with Crippen LogP contribution in [0.5, 0.6) is 0 Å². The molecule has 0 saturated carbocycles. The molecule has 3 aromatic rings. The summed E-state index contributed by atoms with van der Waals surface area (Å²) >= 11 is 5.92. The van der Waals surface area contributed by atoms with E-state index in [1.807, 2.05) is 36.4 Å². The number of amides is 2. The first-order valence-corrected chi connectivity index (χ1v) is 9.19. The third-order valence-corrected chi connectivity index (χ3v) is 4.22. The fourth-order valence-electron chi connectivity index (χ4n) is 2.60. The second kappa shape index (κ2) is 9.58. The van der Waals surface area contributed by atoms with Crippen molar-refractivity contribution in [2.45, 2.75) is 6.54 Å². The fraction of sp³-hybridized carbons (Fsp3) is 0.0909. The molecule has 0 aliphatic rings. The minimum atomic E-state index is -0.221. The molecule has 3 aromatic carbocycles. The van der Waals surface area contributed by atoms with Crippen molar-refractivity contribution >= 4 is 34.8 Å². The van der Waals surface area contributed by atoms with Crippen LogP contribution in [0.15, 0.2) is 78.9 Å². The number of anilines is 2. The summed E-state index contributed by atoms with van der Waals surface area (Å²) in [6, 6.07) is 23.7. The Balaban J connectivity index is 1.53. The summed E-state index contributed by atoms with van der Waals surface area (Å²) in [4.78, 5) is 24.5. The lowest BCUT2D eigenvalue weighted by Crippen LogP contribution is -2.24. The maximum absolute atomic E-state index is 12.3. The Morgan fingerprint density at radius 3 is 2.36 bits per heavy atom. The number of carbonyl (C=O) groups is 2. The highest BCUT2D eigenvalue weighted by atomic mass is 35.5. The van der Waals surface area contributed by atoms with Gasteiger partial charge in [0.1, 0.15) is 0 Å². The van der Waals surface area contributed by atoms with Gasteiger partial charge in [0, 0.05) is 28.5 Å². The normalized spacial score (nSPS) is 10.2. The van der Waals surface area contributed by atoms with Crippen molar-refractivity contribution in [1.82, 2.24) is 5.32 Å². The number of hydrogen-bond donors (Lipinski definition) is 3. The zero-order chi connectivity index (χ0) is 19.8. The molecular formula is C22H20ClN3O2. The zero-order valence-electron chi connectivity index (χ0n) is 15.1. The maximum atomic E-state index is 12.3.